The van der Waals surface area contributed by atoms with Crippen molar-refractivity contribution in [2.75, 3.05) is 13.1 Å². The number of allylic oxidation sites excluding steroid dienone is 2. The molecule has 0 aliphatic carbocycles. The summed E-state index contributed by atoms with van der Waals surface area (Å²) in [6.45, 7) is 20.3. The van der Waals surface area contributed by atoms with Gasteiger partial charge in [-0.05, 0) is 65.8 Å². The van der Waals surface area contributed by atoms with E-state index in [-0.39, 0.29) is 11.8 Å². The van der Waals surface area contributed by atoms with E-state index in [9.17, 15) is 9.59 Å². The van der Waals surface area contributed by atoms with E-state index in [1.54, 1.807) is 6.08 Å². The molecule has 2 heterocycles. The smallest absolute Gasteiger partial charge is 0.261 e. The summed E-state index contributed by atoms with van der Waals surface area (Å²) in [5.41, 5.74) is 7.30. The topological polar surface area (TPSA) is 40.6 Å². The van der Waals surface area contributed by atoms with Crippen molar-refractivity contribution in [3.8, 4) is 0 Å². The van der Waals surface area contributed by atoms with E-state index in [0.29, 0.717) is 47.3 Å². The fourth-order valence-corrected chi connectivity index (χ4v) is 6.99. The summed E-state index contributed by atoms with van der Waals surface area (Å²) in [4.78, 5) is 32.9. The van der Waals surface area contributed by atoms with E-state index in [2.05, 4.69) is 108 Å². The molecule has 0 radical (unpaired) electrons. The van der Waals surface area contributed by atoms with Gasteiger partial charge in [-0.3, -0.25) is 9.59 Å². The first kappa shape index (κ1) is 36.7. The lowest BCUT2D eigenvalue weighted by atomic mass is 9.96. The number of rotatable bonds is 19. The summed E-state index contributed by atoms with van der Waals surface area (Å²) >= 11 is 0. The van der Waals surface area contributed by atoms with E-state index < -0.39 is 0 Å². The average molecular weight is 645 g/mol. The fraction of sp³-hybridized carbons (Fsp3) is 0.409. The molecule has 0 saturated carbocycles. The maximum Gasteiger partial charge on any atom is 0.261 e. The molecule has 2 aliphatic heterocycles. The minimum absolute atomic E-state index is 0.0848. The summed E-state index contributed by atoms with van der Waals surface area (Å²) in [6, 6.07) is 16.7. The van der Waals surface area contributed by atoms with Crippen LogP contribution in [0.5, 0.6) is 0 Å². The molecular weight excluding hydrogens is 588 g/mol. The van der Waals surface area contributed by atoms with Gasteiger partial charge in [-0.2, -0.15) is 0 Å². The number of carbonyl (C=O) groups is 2. The van der Waals surface area contributed by atoms with Crippen molar-refractivity contribution in [1.29, 1.82) is 0 Å². The molecule has 2 aromatic rings. The molecule has 0 fully saturated rings. The quantitative estimate of drug-likeness (QED) is 0.113. The zero-order valence-corrected chi connectivity index (χ0v) is 30.1. The number of unbranched alkanes of at least 4 members (excludes halogenated alkanes) is 2. The maximum atomic E-state index is 14.6. The van der Waals surface area contributed by atoms with Crippen molar-refractivity contribution < 1.29 is 9.59 Å². The number of nitrogens with zero attached hydrogens (tertiary/aromatic N) is 2. The first-order valence-corrected chi connectivity index (χ1v) is 18.3. The van der Waals surface area contributed by atoms with Gasteiger partial charge in [0.2, 0.25) is 0 Å². The van der Waals surface area contributed by atoms with Crippen LogP contribution in [0.25, 0.3) is 23.9 Å². The van der Waals surface area contributed by atoms with Crippen LogP contribution in [-0.2, 0) is 9.59 Å². The average Bonchev–Trinajstić information content (AvgIpc) is 3.54. The van der Waals surface area contributed by atoms with E-state index in [4.69, 9.17) is 0 Å². The Morgan fingerprint density at radius 3 is 1.73 bits per heavy atom. The molecule has 0 N–H and O–H groups in total. The van der Waals surface area contributed by atoms with Gasteiger partial charge in [0.05, 0.1) is 22.5 Å². The van der Waals surface area contributed by atoms with E-state index in [1.807, 2.05) is 22.8 Å². The van der Waals surface area contributed by atoms with E-state index in [0.717, 1.165) is 80.2 Å². The Morgan fingerprint density at radius 1 is 0.688 bits per heavy atom. The summed E-state index contributed by atoms with van der Waals surface area (Å²) in [5.74, 6) is 0.545. The summed E-state index contributed by atoms with van der Waals surface area (Å²) in [7, 11) is 0. The third-order valence-corrected chi connectivity index (χ3v) is 9.77. The van der Waals surface area contributed by atoms with Crippen molar-refractivity contribution in [1.82, 2.24) is 9.80 Å². The van der Waals surface area contributed by atoms with E-state index >= 15 is 0 Å². The van der Waals surface area contributed by atoms with Gasteiger partial charge in [-0.25, -0.2) is 0 Å². The van der Waals surface area contributed by atoms with Crippen LogP contribution >= 0.6 is 0 Å². The second-order valence-corrected chi connectivity index (χ2v) is 13.3. The number of benzene rings is 2. The highest BCUT2D eigenvalue weighted by Crippen LogP contribution is 2.46. The zero-order chi connectivity index (χ0) is 34.6. The number of fused-ring (bicyclic) bond motifs is 1. The van der Waals surface area contributed by atoms with Crippen LogP contribution in [0.1, 0.15) is 115 Å². The molecule has 2 atom stereocenters. The third kappa shape index (κ3) is 8.45. The fourth-order valence-electron chi connectivity index (χ4n) is 6.99. The van der Waals surface area contributed by atoms with Crippen molar-refractivity contribution in [2.24, 2.45) is 11.8 Å². The summed E-state index contributed by atoms with van der Waals surface area (Å²) in [6.07, 6.45) is 19.7. The first-order valence-electron chi connectivity index (χ1n) is 18.3. The highest BCUT2D eigenvalue weighted by Gasteiger charge is 2.49. The lowest BCUT2D eigenvalue weighted by molar-refractivity contribution is -0.124. The third-order valence-electron chi connectivity index (χ3n) is 9.77. The minimum atomic E-state index is -0.0882. The molecule has 254 valence electrons. The van der Waals surface area contributed by atoms with Gasteiger partial charge in [-0.1, -0.05) is 158 Å². The van der Waals surface area contributed by atoms with Crippen LogP contribution in [-0.4, -0.2) is 34.7 Å². The molecule has 4 rings (SSSR count). The highest BCUT2D eigenvalue weighted by atomic mass is 16.2. The lowest BCUT2D eigenvalue weighted by Gasteiger charge is -2.30. The Bertz CT molecular complexity index is 1570. The van der Waals surface area contributed by atoms with Crippen molar-refractivity contribution >= 4 is 35.7 Å². The van der Waals surface area contributed by atoms with Gasteiger partial charge < -0.3 is 9.80 Å². The summed E-state index contributed by atoms with van der Waals surface area (Å²) in [5, 5.41) is 0. The number of amides is 2. The van der Waals surface area contributed by atoms with Gasteiger partial charge in [0.1, 0.15) is 0 Å². The molecular formula is C44H56N2O2. The lowest BCUT2D eigenvalue weighted by Crippen LogP contribution is -2.35. The Kier molecular flexibility index (Phi) is 13.6. The molecule has 4 nitrogen and oxygen atoms in total. The van der Waals surface area contributed by atoms with Gasteiger partial charge in [-0.15, -0.1) is 0 Å². The van der Waals surface area contributed by atoms with Crippen LogP contribution in [0.3, 0.4) is 0 Å². The normalized spacial score (nSPS) is 16.2. The Morgan fingerprint density at radius 2 is 1.21 bits per heavy atom. The second kappa shape index (κ2) is 17.8. The molecule has 2 aromatic carbocycles. The van der Waals surface area contributed by atoms with Gasteiger partial charge in [0, 0.05) is 13.1 Å². The zero-order valence-electron chi connectivity index (χ0n) is 30.1. The molecule has 2 amide bonds. The van der Waals surface area contributed by atoms with Gasteiger partial charge in [0.25, 0.3) is 11.8 Å². The number of hydrogen-bond acceptors (Lipinski definition) is 2. The number of hydrogen-bond donors (Lipinski definition) is 0. The Balaban J connectivity index is 1.77. The van der Waals surface area contributed by atoms with Crippen molar-refractivity contribution in [2.45, 2.75) is 92.4 Å². The van der Waals surface area contributed by atoms with Crippen molar-refractivity contribution in [3.63, 3.8) is 0 Å². The largest absolute Gasteiger partial charge is 0.307 e. The second-order valence-electron chi connectivity index (χ2n) is 13.3. The minimum Gasteiger partial charge on any atom is -0.307 e. The monoisotopic (exact) mass is 644 g/mol. The van der Waals surface area contributed by atoms with Crippen LogP contribution in [0.15, 0.2) is 96.3 Å². The molecule has 0 aromatic heterocycles. The van der Waals surface area contributed by atoms with Crippen LogP contribution < -0.4 is 0 Å². The van der Waals surface area contributed by atoms with Crippen molar-refractivity contribution in [3.05, 3.63) is 119 Å². The molecule has 2 aliphatic rings. The predicted octanol–water partition coefficient (Wildman–Crippen LogP) is 11.1. The molecule has 0 spiro atoms. The molecule has 4 heteroatoms. The van der Waals surface area contributed by atoms with Gasteiger partial charge >= 0.3 is 0 Å². The Labute approximate surface area is 290 Å². The van der Waals surface area contributed by atoms with E-state index in [1.165, 1.54) is 5.56 Å². The maximum absolute atomic E-state index is 14.6. The standard InChI is InChI=1S/C44H56N2O2/c1-8-14-18-33(13-6)30-46-42(38-28-26-36(27-29-38)25-24-35-22-20-34(16-10-3)21-23-35)40-39(43(46)47)41(32(7)12-5)45(44(40)48)31-37(17-11-4)19-15-9-2/h10,12,16,20-29,33,37H,5,7-9,11,13-15,17-19,30-31H2,1-4,6H3/b16-10+,25-24+. The van der Waals surface area contributed by atoms with Crippen LogP contribution in [0, 0.1) is 11.8 Å². The first-order chi connectivity index (χ1) is 23.3. The summed E-state index contributed by atoms with van der Waals surface area (Å²) < 4.78 is 0. The Hall–Kier alpha value is -4.18. The number of carbonyl (C=O) groups excluding carboxylic acids is 2. The van der Waals surface area contributed by atoms with Crippen LogP contribution in [0.2, 0.25) is 0 Å². The van der Waals surface area contributed by atoms with Gasteiger partial charge in [0.15, 0.2) is 0 Å². The van der Waals surface area contributed by atoms with Crippen LogP contribution in [0.4, 0.5) is 0 Å². The highest BCUT2D eigenvalue weighted by molar-refractivity contribution is 6.26. The molecule has 0 saturated heterocycles. The SMILES string of the molecule is C=CC(=C)C1=C2C(=O)N(CC(CC)CCCC)C(c3ccc(/C=C/c4ccc(/C=C/C)cc4)cc3)=C2C(=O)N1CC(CCC)CCCC. The molecule has 48 heavy (non-hydrogen) atoms. The molecule has 2 unspecified atom stereocenters. The molecule has 0 bridgehead atoms. The predicted molar refractivity (Wildman–Crippen MR) is 204 cm³/mol.